The summed E-state index contributed by atoms with van der Waals surface area (Å²) in [6.45, 7) is 0.661. The van der Waals surface area contributed by atoms with Crippen LogP contribution >= 0.6 is 23.1 Å². The van der Waals surface area contributed by atoms with Gasteiger partial charge in [-0.2, -0.15) is 0 Å². The fraction of sp³-hybridized carbons (Fsp3) is 0.158. The molecule has 0 unspecified atom stereocenters. The van der Waals surface area contributed by atoms with E-state index in [9.17, 15) is 4.79 Å². The second-order valence-corrected chi connectivity index (χ2v) is 7.22. The number of rotatable bonds is 7. The summed E-state index contributed by atoms with van der Waals surface area (Å²) in [5.74, 6) is 0.885. The zero-order valence-corrected chi connectivity index (χ0v) is 14.8. The molecule has 2 aromatic carbocycles. The molecule has 0 aliphatic heterocycles. The van der Waals surface area contributed by atoms with Gasteiger partial charge in [0.05, 0.1) is 12.1 Å². The van der Waals surface area contributed by atoms with E-state index in [1.54, 1.807) is 23.1 Å². The molecule has 5 heteroatoms. The molecule has 0 aliphatic rings. The van der Waals surface area contributed by atoms with E-state index in [2.05, 4.69) is 22.4 Å². The van der Waals surface area contributed by atoms with E-state index < -0.39 is 0 Å². The maximum Gasteiger partial charge on any atom is 0.226 e. The summed E-state index contributed by atoms with van der Waals surface area (Å²) in [6, 6.07) is 20.2. The quantitative estimate of drug-likeness (QED) is 0.509. The standard InChI is InChI=1S/C19H18N2OS2/c22-18(20-11-12-23-17-9-5-2-6-10-17)13-16-14-24-19(21-16)15-7-3-1-4-8-15/h1-10,14H,11-13H2,(H,20,22). The van der Waals surface area contributed by atoms with Gasteiger partial charge in [0.1, 0.15) is 5.01 Å². The third-order valence-electron chi connectivity index (χ3n) is 3.35. The number of nitrogens with zero attached hydrogens (tertiary/aromatic N) is 1. The molecule has 0 atom stereocenters. The molecule has 3 aromatic rings. The van der Waals surface area contributed by atoms with Gasteiger partial charge in [-0.3, -0.25) is 4.79 Å². The van der Waals surface area contributed by atoms with Gasteiger partial charge in [0.15, 0.2) is 0 Å². The van der Waals surface area contributed by atoms with E-state index in [1.165, 1.54) is 4.90 Å². The highest BCUT2D eigenvalue weighted by Gasteiger charge is 2.08. The van der Waals surface area contributed by atoms with Gasteiger partial charge in [0, 0.05) is 28.1 Å². The number of thioether (sulfide) groups is 1. The topological polar surface area (TPSA) is 42.0 Å². The van der Waals surface area contributed by atoms with Crippen LogP contribution in [0.25, 0.3) is 10.6 Å². The van der Waals surface area contributed by atoms with Crippen LogP contribution < -0.4 is 5.32 Å². The Labute approximate surface area is 150 Å². The molecule has 1 heterocycles. The summed E-state index contributed by atoms with van der Waals surface area (Å²) < 4.78 is 0. The molecule has 3 rings (SSSR count). The average Bonchev–Trinajstić information content (AvgIpc) is 3.09. The van der Waals surface area contributed by atoms with Crippen LogP contribution in [0.15, 0.2) is 70.9 Å². The van der Waals surface area contributed by atoms with Crippen molar-refractivity contribution >= 4 is 29.0 Å². The van der Waals surface area contributed by atoms with Gasteiger partial charge < -0.3 is 5.32 Å². The lowest BCUT2D eigenvalue weighted by molar-refractivity contribution is -0.120. The molecular formula is C19H18N2OS2. The van der Waals surface area contributed by atoms with Crippen molar-refractivity contribution in [2.24, 2.45) is 0 Å². The van der Waals surface area contributed by atoms with Crippen molar-refractivity contribution in [3.05, 3.63) is 71.7 Å². The van der Waals surface area contributed by atoms with E-state index in [4.69, 9.17) is 0 Å². The minimum Gasteiger partial charge on any atom is -0.355 e. The van der Waals surface area contributed by atoms with Gasteiger partial charge in [0.25, 0.3) is 0 Å². The van der Waals surface area contributed by atoms with Crippen LogP contribution in [0.4, 0.5) is 0 Å². The summed E-state index contributed by atoms with van der Waals surface area (Å²) in [6.07, 6.45) is 0.333. The van der Waals surface area contributed by atoms with E-state index in [-0.39, 0.29) is 5.91 Å². The maximum absolute atomic E-state index is 12.0. The fourth-order valence-corrected chi connectivity index (χ4v) is 3.82. The van der Waals surface area contributed by atoms with Crippen molar-refractivity contribution in [2.75, 3.05) is 12.3 Å². The molecule has 24 heavy (non-hydrogen) atoms. The molecular weight excluding hydrogens is 336 g/mol. The lowest BCUT2D eigenvalue weighted by atomic mass is 10.2. The Morgan fingerprint density at radius 3 is 2.50 bits per heavy atom. The van der Waals surface area contributed by atoms with Gasteiger partial charge in [-0.25, -0.2) is 4.98 Å². The van der Waals surface area contributed by atoms with E-state index >= 15 is 0 Å². The molecule has 1 aromatic heterocycles. The summed E-state index contributed by atoms with van der Waals surface area (Å²) >= 11 is 3.32. The summed E-state index contributed by atoms with van der Waals surface area (Å²) in [5.41, 5.74) is 1.92. The Bertz CT molecular complexity index is 772. The highest BCUT2D eigenvalue weighted by molar-refractivity contribution is 7.99. The van der Waals surface area contributed by atoms with Crippen molar-refractivity contribution < 1.29 is 4.79 Å². The number of aromatic nitrogens is 1. The Kier molecular flexibility index (Phi) is 6.04. The second-order valence-electron chi connectivity index (χ2n) is 5.20. The van der Waals surface area contributed by atoms with Crippen LogP contribution in [0.5, 0.6) is 0 Å². The highest BCUT2D eigenvalue weighted by atomic mass is 32.2. The number of nitrogens with one attached hydrogen (secondary N) is 1. The normalized spacial score (nSPS) is 10.5. The van der Waals surface area contributed by atoms with Gasteiger partial charge in [-0.15, -0.1) is 23.1 Å². The zero-order valence-electron chi connectivity index (χ0n) is 13.1. The lowest BCUT2D eigenvalue weighted by Crippen LogP contribution is -2.27. The van der Waals surface area contributed by atoms with Crippen molar-refractivity contribution in [3.8, 4) is 10.6 Å². The second kappa shape index (κ2) is 8.66. The number of amides is 1. The smallest absolute Gasteiger partial charge is 0.226 e. The van der Waals surface area contributed by atoms with E-state index in [0.29, 0.717) is 13.0 Å². The van der Waals surface area contributed by atoms with Gasteiger partial charge in [0.2, 0.25) is 5.91 Å². The maximum atomic E-state index is 12.0. The summed E-state index contributed by atoms with van der Waals surface area (Å²) in [7, 11) is 0. The first-order chi connectivity index (χ1) is 11.8. The highest BCUT2D eigenvalue weighted by Crippen LogP contribution is 2.23. The van der Waals surface area contributed by atoms with Crippen LogP contribution in [-0.2, 0) is 11.2 Å². The minimum atomic E-state index is 0.0218. The Hall–Kier alpha value is -2.11. The van der Waals surface area contributed by atoms with E-state index in [0.717, 1.165) is 22.0 Å². The largest absolute Gasteiger partial charge is 0.355 e. The predicted octanol–water partition coefficient (Wildman–Crippen LogP) is 4.26. The lowest BCUT2D eigenvalue weighted by Gasteiger charge is -2.04. The molecule has 122 valence electrons. The fourth-order valence-electron chi connectivity index (χ4n) is 2.20. The molecule has 0 fully saturated rings. The molecule has 0 aliphatic carbocycles. The third-order valence-corrected chi connectivity index (χ3v) is 5.30. The number of thiazole rings is 1. The van der Waals surface area contributed by atoms with Crippen LogP contribution in [0.1, 0.15) is 5.69 Å². The molecule has 0 radical (unpaired) electrons. The Balaban J connectivity index is 1.43. The molecule has 1 amide bonds. The SMILES string of the molecule is O=C(Cc1csc(-c2ccccc2)n1)NCCSc1ccccc1. The Morgan fingerprint density at radius 2 is 1.75 bits per heavy atom. The van der Waals surface area contributed by atoms with Crippen molar-refractivity contribution in [3.63, 3.8) is 0 Å². The van der Waals surface area contributed by atoms with Gasteiger partial charge in [-0.05, 0) is 12.1 Å². The molecule has 0 saturated carbocycles. The first-order valence-corrected chi connectivity index (χ1v) is 9.62. The number of benzene rings is 2. The van der Waals surface area contributed by atoms with Gasteiger partial charge >= 0.3 is 0 Å². The van der Waals surface area contributed by atoms with Gasteiger partial charge in [-0.1, -0.05) is 48.5 Å². The Morgan fingerprint density at radius 1 is 1.04 bits per heavy atom. The minimum absolute atomic E-state index is 0.0218. The molecule has 1 N–H and O–H groups in total. The zero-order chi connectivity index (χ0) is 16.6. The van der Waals surface area contributed by atoms with Crippen molar-refractivity contribution in [1.29, 1.82) is 0 Å². The van der Waals surface area contributed by atoms with Crippen molar-refractivity contribution in [2.45, 2.75) is 11.3 Å². The summed E-state index contributed by atoms with van der Waals surface area (Å²) in [4.78, 5) is 17.8. The summed E-state index contributed by atoms with van der Waals surface area (Å²) in [5, 5.41) is 5.87. The predicted molar refractivity (Wildman–Crippen MR) is 101 cm³/mol. The van der Waals surface area contributed by atoms with Crippen molar-refractivity contribution in [1.82, 2.24) is 10.3 Å². The number of hydrogen-bond donors (Lipinski definition) is 1. The monoisotopic (exact) mass is 354 g/mol. The number of carbonyl (C=O) groups is 1. The number of carbonyl (C=O) groups excluding carboxylic acids is 1. The molecule has 0 spiro atoms. The van der Waals surface area contributed by atoms with Crippen LogP contribution in [0.2, 0.25) is 0 Å². The first-order valence-electron chi connectivity index (χ1n) is 7.75. The van der Waals surface area contributed by atoms with Crippen LogP contribution in [0, 0.1) is 0 Å². The molecule has 3 nitrogen and oxygen atoms in total. The third kappa shape index (κ3) is 4.94. The number of hydrogen-bond acceptors (Lipinski definition) is 4. The first kappa shape index (κ1) is 16.7. The van der Waals surface area contributed by atoms with E-state index in [1.807, 2.05) is 53.9 Å². The molecule has 0 saturated heterocycles. The average molecular weight is 355 g/mol. The molecule has 0 bridgehead atoms. The van der Waals surface area contributed by atoms with Crippen LogP contribution in [0.3, 0.4) is 0 Å². The van der Waals surface area contributed by atoms with Crippen LogP contribution in [-0.4, -0.2) is 23.2 Å².